The molecule has 0 aliphatic carbocycles. The molecule has 0 bridgehead atoms. The van der Waals surface area contributed by atoms with E-state index in [4.69, 9.17) is 4.74 Å². The number of carbonyl (C=O) groups excluding carboxylic acids is 1. The average Bonchev–Trinajstić information content (AvgIpc) is 2.30. The van der Waals surface area contributed by atoms with E-state index in [2.05, 4.69) is 36.8 Å². The summed E-state index contributed by atoms with van der Waals surface area (Å²) in [5, 5.41) is 0. The van der Waals surface area contributed by atoms with Crippen LogP contribution in [0.25, 0.3) is 0 Å². The van der Waals surface area contributed by atoms with Gasteiger partial charge in [0, 0.05) is 10.7 Å². The van der Waals surface area contributed by atoms with Crippen molar-refractivity contribution >= 4 is 37.8 Å². The molecule has 0 saturated heterocycles. The second kappa shape index (κ2) is 7.11. The van der Waals surface area contributed by atoms with Crippen molar-refractivity contribution in [1.82, 2.24) is 4.98 Å². The molecule has 1 heterocycles. The van der Waals surface area contributed by atoms with Crippen molar-refractivity contribution in [3.63, 3.8) is 0 Å². The van der Waals surface area contributed by atoms with E-state index >= 15 is 0 Å². The lowest BCUT2D eigenvalue weighted by Crippen LogP contribution is -2.19. The molecule has 1 unspecified atom stereocenters. The minimum Gasteiger partial charge on any atom is -0.466 e. The van der Waals surface area contributed by atoms with E-state index in [9.17, 15) is 4.79 Å². The molecule has 1 aromatic heterocycles. The summed E-state index contributed by atoms with van der Waals surface area (Å²) in [6.07, 6.45) is 3.12. The molecule has 0 aromatic carbocycles. The quantitative estimate of drug-likeness (QED) is 0.590. The molecule has 0 spiro atoms. The van der Waals surface area contributed by atoms with Gasteiger partial charge in [-0.1, -0.05) is 6.92 Å². The third-order valence-electron chi connectivity index (χ3n) is 2.46. The number of hydrogen-bond acceptors (Lipinski definition) is 3. The molecule has 0 amide bonds. The normalized spacial score (nSPS) is 12.2. The third-order valence-corrected chi connectivity index (χ3v) is 3.61. The van der Waals surface area contributed by atoms with Crippen LogP contribution in [-0.4, -0.2) is 17.6 Å². The number of pyridine rings is 1. The van der Waals surface area contributed by atoms with Crippen LogP contribution in [-0.2, 0) is 16.0 Å². The highest BCUT2D eigenvalue weighted by molar-refractivity contribution is 9.11. The molecule has 0 saturated carbocycles. The Balaban J connectivity index is 2.80. The summed E-state index contributed by atoms with van der Waals surface area (Å²) in [5.41, 5.74) is 1.01. The van der Waals surface area contributed by atoms with Crippen LogP contribution in [0.1, 0.15) is 25.8 Å². The van der Waals surface area contributed by atoms with Crippen LogP contribution >= 0.6 is 31.9 Å². The standard InChI is InChI=1S/C12H15Br2NO2/c1-3-8(12(16)17-4-2)5-9-6-10(13)7-15-11(9)14/h6-8H,3-5H2,1-2H3. The van der Waals surface area contributed by atoms with E-state index in [1.54, 1.807) is 6.20 Å². The van der Waals surface area contributed by atoms with Gasteiger partial charge >= 0.3 is 5.97 Å². The number of aromatic nitrogens is 1. The van der Waals surface area contributed by atoms with Crippen LogP contribution in [0.15, 0.2) is 21.3 Å². The van der Waals surface area contributed by atoms with E-state index < -0.39 is 0 Å². The molecule has 0 N–H and O–H groups in total. The first-order valence-electron chi connectivity index (χ1n) is 5.55. The molecule has 1 aromatic rings. The Morgan fingerprint density at radius 3 is 2.76 bits per heavy atom. The van der Waals surface area contributed by atoms with Gasteiger partial charge in [-0.25, -0.2) is 4.98 Å². The first kappa shape index (κ1) is 14.6. The van der Waals surface area contributed by atoms with Crippen LogP contribution in [0, 0.1) is 5.92 Å². The number of carbonyl (C=O) groups is 1. The van der Waals surface area contributed by atoms with Gasteiger partial charge in [-0.15, -0.1) is 0 Å². The number of ether oxygens (including phenoxy) is 1. The first-order chi connectivity index (χ1) is 8.08. The highest BCUT2D eigenvalue weighted by atomic mass is 79.9. The molecule has 17 heavy (non-hydrogen) atoms. The number of nitrogens with zero attached hydrogens (tertiary/aromatic N) is 1. The maximum atomic E-state index is 11.7. The van der Waals surface area contributed by atoms with Gasteiger partial charge < -0.3 is 4.74 Å². The van der Waals surface area contributed by atoms with Gasteiger partial charge in [0.15, 0.2) is 0 Å². The van der Waals surface area contributed by atoms with Crippen molar-refractivity contribution < 1.29 is 9.53 Å². The van der Waals surface area contributed by atoms with Gasteiger partial charge in [-0.3, -0.25) is 4.79 Å². The topological polar surface area (TPSA) is 39.2 Å². The molecular weight excluding hydrogens is 350 g/mol. The number of rotatable bonds is 5. The second-order valence-corrected chi connectivity index (χ2v) is 5.33. The Morgan fingerprint density at radius 1 is 1.47 bits per heavy atom. The van der Waals surface area contributed by atoms with Gasteiger partial charge in [0.1, 0.15) is 4.60 Å². The van der Waals surface area contributed by atoms with E-state index in [1.807, 2.05) is 19.9 Å². The fraction of sp³-hybridized carbons (Fsp3) is 0.500. The van der Waals surface area contributed by atoms with Gasteiger partial charge in [0.2, 0.25) is 0 Å². The Kier molecular flexibility index (Phi) is 6.12. The highest BCUT2D eigenvalue weighted by Crippen LogP contribution is 2.23. The summed E-state index contributed by atoms with van der Waals surface area (Å²) in [7, 11) is 0. The van der Waals surface area contributed by atoms with Crippen LogP contribution in [0.5, 0.6) is 0 Å². The fourth-order valence-electron chi connectivity index (χ4n) is 1.53. The zero-order valence-corrected chi connectivity index (χ0v) is 13.0. The van der Waals surface area contributed by atoms with E-state index in [0.29, 0.717) is 13.0 Å². The third kappa shape index (κ3) is 4.39. The summed E-state index contributed by atoms with van der Waals surface area (Å²) in [6.45, 7) is 4.23. The number of halogens is 2. The summed E-state index contributed by atoms with van der Waals surface area (Å²) in [4.78, 5) is 15.9. The minimum absolute atomic E-state index is 0.109. The van der Waals surface area contributed by atoms with E-state index in [0.717, 1.165) is 21.1 Å². The average molecular weight is 365 g/mol. The summed E-state index contributed by atoms with van der Waals surface area (Å²) in [5.74, 6) is -0.246. The van der Waals surface area contributed by atoms with E-state index in [1.165, 1.54) is 0 Å². The lowest BCUT2D eigenvalue weighted by Gasteiger charge is -2.14. The van der Waals surface area contributed by atoms with Crippen molar-refractivity contribution in [3.8, 4) is 0 Å². The molecule has 0 aliphatic rings. The Morgan fingerprint density at radius 2 is 2.18 bits per heavy atom. The molecule has 0 radical (unpaired) electrons. The Labute approximate surface area is 118 Å². The van der Waals surface area contributed by atoms with Crippen molar-refractivity contribution in [3.05, 3.63) is 26.9 Å². The summed E-state index contributed by atoms with van der Waals surface area (Å²) in [6, 6.07) is 1.97. The van der Waals surface area contributed by atoms with Crippen LogP contribution in [0.2, 0.25) is 0 Å². The predicted molar refractivity (Wildman–Crippen MR) is 73.8 cm³/mol. The van der Waals surface area contributed by atoms with Crippen molar-refractivity contribution in [2.24, 2.45) is 5.92 Å². The SMILES string of the molecule is CCOC(=O)C(CC)Cc1cc(Br)cnc1Br. The smallest absolute Gasteiger partial charge is 0.309 e. The molecule has 94 valence electrons. The van der Waals surface area contributed by atoms with Crippen LogP contribution < -0.4 is 0 Å². The predicted octanol–water partition coefficient (Wildman–Crippen LogP) is 3.74. The molecule has 0 aliphatic heterocycles. The molecule has 5 heteroatoms. The second-order valence-electron chi connectivity index (χ2n) is 3.66. The zero-order valence-electron chi connectivity index (χ0n) is 9.87. The summed E-state index contributed by atoms with van der Waals surface area (Å²) >= 11 is 6.77. The van der Waals surface area contributed by atoms with Crippen molar-refractivity contribution in [2.75, 3.05) is 6.61 Å². The Hall–Kier alpha value is -0.420. The zero-order chi connectivity index (χ0) is 12.8. The minimum atomic E-state index is -0.137. The highest BCUT2D eigenvalue weighted by Gasteiger charge is 2.19. The number of esters is 1. The molecule has 1 atom stereocenters. The van der Waals surface area contributed by atoms with Gasteiger partial charge in [0.05, 0.1) is 12.5 Å². The van der Waals surface area contributed by atoms with Gasteiger partial charge in [0.25, 0.3) is 0 Å². The molecular formula is C12H15Br2NO2. The molecule has 1 rings (SSSR count). The maximum absolute atomic E-state index is 11.7. The molecule has 3 nitrogen and oxygen atoms in total. The first-order valence-corrected chi connectivity index (χ1v) is 7.13. The van der Waals surface area contributed by atoms with Crippen LogP contribution in [0.4, 0.5) is 0 Å². The number of hydrogen-bond donors (Lipinski definition) is 0. The lowest BCUT2D eigenvalue weighted by molar-refractivity contribution is -0.148. The monoisotopic (exact) mass is 363 g/mol. The summed E-state index contributed by atoms with van der Waals surface area (Å²) < 4.78 is 6.74. The fourth-order valence-corrected chi connectivity index (χ4v) is 2.28. The van der Waals surface area contributed by atoms with Crippen molar-refractivity contribution in [1.29, 1.82) is 0 Å². The van der Waals surface area contributed by atoms with E-state index in [-0.39, 0.29) is 11.9 Å². The van der Waals surface area contributed by atoms with Crippen LogP contribution in [0.3, 0.4) is 0 Å². The van der Waals surface area contributed by atoms with Gasteiger partial charge in [-0.05, 0) is 63.3 Å². The largest absolute Gasteiger partial charge is 0.466 e. The van der Waals surface area contributed by atoms with Gasteiger partial charge in [-0.2, -0.15) is 0 Å². The maximum Gasteiger partial charge on any atom is 0.309 e. The Bertz CT molecular complexity index is 396. The lowest BCUT2D eigenvalue weighted by atomic mass is 9.98. The molecule has 0 fully saturated rings. The van der Waals surface area contributed by atoms with Crippen molar-refractivity contribution in [2.45, 2.75) is 26.7 Å².